The molecule has 0 fully saturated rings. The van der Waals surface area contributed by atoms with Crippen molar-refractivity contribution < 1.29 is 26.2 Å². The lowest BCUT2D eigenvalue weighted by molar-refractivity contribution is -0.890. The van der Waals surface area contributed by atoms with Crippen LogP contribution < -0.4 is 4.72 Å². The molecule has 0 aromatic carbocycles. The van der Waals surface area contributed by atoms with E-state index in [9.17, 15) is 8.42 Å². The molecule has 9 heteroatoms. The van der Waals surface area contributed by atoms with Gasteiger partial charge in [0.15, 0.2) is 0 Å². The number of nitrogens with zero attached hydrogens (tertiary/aromatic N) is 1. The minimum absolute atomic E-state index is 0.222. The topological polar surface area (TPSA) is 73.9 Å². The highest BCUT2D eigenvalue weighted by atomic mass is 32.2. The van der Waals surface area contributed by atoms with Crippen LogP contribution in [0.4, 0.5) is 0 Å². The molecule has 0 amide bonds. The third-order valence-corrected chi connectivity index (χ3v) is 8.51. The maximum atomic E-state index is 11.7. The Morgan fingerprint density at radius 2 is 1.50 bits per heavy atom. The molecule has 0 aromatic rings. The van der Waals surface area contributed by atoms with Gasteiger partial charge in [-0.1, -0.05) is 13.3 Å². The van der Waals surface area contributed by atoms with Gasteiger partial charge in [0.05, 0.1) is 32.9 Å². The second-order valence-corrected chi connectivity index (χ2v) is 11.7. The number of quaternary nitrogens is 1. The monoisotopic (exact) mass is 385 g/mol. The van der Waals surface area contributed by atoms with E-state index in [0.717, 1.165) is 42.9 Å². The van der Waals surface area contributed by atoms with Gasteiger partial charge in [0, 0.05) is 46.8 Å². The fraction of sp³-hybridized carbons (Fsp3) is 1.00. The molecule has 24 heavy (non-hydrogen) atoms. The van der Waals surface area contributed by atoms with E-state index in [2.05, 4.69) is 18.8 Å². The van der Waals surface area contributed by atoms with E-state index in [1.54, 1.807) is 21.3 Å². The number of hydrogen-bond acceptors (Lipinski definition) is 5. The molecule has 0 aliphatic heterocycles. The normalized spacial score (nSPS) is 13.4. The molecule has 0 bridgehead atoms. The van der Waals surface area contributed by atoms with E-state index in [1.807, 2.05) is 6.92 Å². The first kappa shape index (κ1) is 24.0. The lowest BCUT2D eigenvalue weighted by Crippen LogP contribution is -2.46. The van der Waals surface area contributed by atoms with Gasteiger partial charge in [0.2, 0.25) is 10.0 Å². The predicted octanol–water partition coefficient (Wildman–Crippen LogP) is 1.44. The van der Waals surface area contributed by atoms with Crippen molar-refractivity contribution >= 4 is 18.8 Å². The summed E-state index contributed by atoms with van der Waals surface area (Å²) >= 11 is 0. The van der Waals surface area contributed by atoms with Gasteiger partial charge in [-0.05, 0) is 6.42 Å². The lowest BCUT2D eigenvalue weighted by Gasteiger charge is -2.31. The Balaban J connectivity index is 4.10. The summed E-state index contributed by atoms with van der Waals surface area (Å²) in [6.07, 6.45) is 3.36. The van der Waals surface area contributed by atoms with Gasteiger partial charge in [-0.3, -0.25) is 0 Å². The van der Waals surface area contributed by atoms with E-state index in [-0.39, 0.29) is 5.75 Å². The number of nitrogens with one attached hydrogen (secondary N) is 1. The van der Waals surface area contributed by atoms with E-state index >= 15 is 0 Å². The van der Waals surface area contributed by atoms with Crippen LogP contribution in [0.1, 0.15) is 32.6 Å². The fourth-order valence-electron chi connectivity index (χ4n) is 2.53. The SMILES string of the molecule is CCCCS(=O)(=O)NCCC[N+](C)(C)CCC[Si](OC)(OC)OC. The fourth-order valence-corrected chi connectivity index (χ4v) is 5.50. The van der Waals surface area contributed by atoms with Gasteiger partial charge < -0.3 is 17.8 Å². The first-order valence-corrected chi connectivity index (χ1v) is 12.2. The molecule has 0 atom stereocenters. The van der Waals surface area contributed by atoms with Crippen molar-refractivity contribution in [1.82, 2.24) is 4.72 Å². The van der Waals surface area contributed by atoms with Crippen molar-refractivity contribution in [2.75, 3.05) is 60.8 Å². The van der Waals surface area contributed by atoms with E-state index < -0.39 is 18.8 Å². The minimum atomic E-state index is -3.11. The van der Waals surface area contributed by atoms with Crippen LogP contribution in [0.15, 0.2) is 0 Å². The lowest BCUT2D eigenvalue weighted by atomic mass is 10.3. The van der Waals surface area contributed by atoms with Crippen LogP contribution in [-0.4, -0.2) is 82.5 Å². The molecule has 0 aliphatic carbocycles. The first-order valence-electron chi connectivity index (χ1n) is 8.60. The molecule has 0 rings (SSSR count). The summed E-state index contributed by atoms with van der Waals surface area (Å²) in [5, 5.41) is 0. The van der Waals surface area contributed by atoms with Crippen LogP contribution in [0.2, 0.25) is 6.04 Å². The standard InChI is InChI=1S/C15H37N2O5SSi/c1-7-8-14-23(18,19)16-11-9-12-17(2,3)13-10-15-24(20-4,21-5)22-6/h16H,7-15H2,1-6H3/q+1. The summed E-state index contributed by atoms with van der Waals surface area (Å²) < 4.78 is 43.3. The predicted molar refractivity (Wildman–Crippen MR) is 99.4 cm³/mol. The molecule has 146 valence electrons. The van der Waals surface area contributed by atoms with Crippen LogP contribution in [-0.2, 0) is 23.3 Å². The van der Waals surface area contributed by atoms with Crippen LogP contribution >= 0.6 is 0 Å². The van der Waals surface area contributed by atoms with Gasteiger partial charge in [0.1, 0.15) is 0 Å². The Hall–Kier alpha value is -0.0331. The highest BCUT2D eigenvalue weighted by molar-refractivity contribution is 7.89. The molecule has 7 nitrogen and oxygen atoms in total. The molecule has 0 heterocycles. The molecule has 0 spiro atoms. The van der Waals surface area contributed by atoms with E-state index in [0.29, 0.717) is 13.0 Å². The van der Waals surface area contributed by atoms with Gasteiger partial charge >= 0.3 is 8.80 Å². The van der Waals surface area contributed by atoms with Crippen molar-refractivity contribution in [3.05, 3.63) is 0 Å². The molecule has 0 aliphatic rings. The molecule has 0 unspecified atom stereocenters. The zero-order valence-electron chi connectivity index (χ0n) is 16.3. The van der Waals surface area contributed by atoms with Crippen molar-refractivity contribution in [3.8, 4) is 0 Å². The van der Waals surface area contributed by atoms with Crippen molar-refractivity contribution in [2.24, 2.45) is 0 Å². The van der Waals surface area contributed by atoms with Crippen molar-refractivity contribution in [2.45, 2.75) is 38.7 Å². The molecule has 1 N–H and O–H groups in total. The van der Waals surface area contributed by atoms with Crippen molar-refractivity contribution in [1.29, 1.82) is 0 Å². The largest absolute Gasteiger partial charge is 0.500 e. The summed E-state index contributed by atoms with van der Waals surface area (Å²) in [4.78, 5) is 0. The molecular weight excluding hydrogens is 348 g/mol. The zero-order chi connectivity index (χ0) is 18.7. The number of hydrogen-bond donors (Lipinski definition) is 1. The summed E-state index contributed by atoms with van der Waals surface area (Å²) in [5.41, 5.74) is 0. The van der Waals surface area contributed by atoms with Crippen LogP contribution in [0, 0.1) is 0 Å². The second kappa shape index (κ2) is 11.6. The van der Waals surface area contributed by atoms with Crippen LogP contribution in [0.3, 0.4) is 0 Å². The van der Waals surface area contributed by atoms with E-state index in [4.69, 9.17) is 13.3 Å². The quantitative estimate of drug-likeness (QED) is 0.262. The van der Waals surface area contributed by atoms with Crippen LogP contribution in [0.25, 0.3) is 0 Å². The Labute approximate surface area is 149 Å². The summed E-state index contributed by atoms with van der Waals surface area (Å²) in [6, 6.07) is 0.780. The smallest absolute Gasteiger partial charge is 0.377 e. The Kier molecular flexibility index (Phi) is 11.5. The summed E-state index contributed by atoms with van der Waals surface area (Å²) in [7, 11) is 3.59. The molecule has 0 radical (unpaired) electrons. The Morgan fingerprint density at radius 3 is 2.00 bits per heavy atom. The third-order valence-electron chi connectivity index (χ3n) is 4.21. The highest BCUT2D eigenvalue weighted by Gasteiger charge is 2.37. The number of sulfonamides is 1. The molecular formula is C15H37N2O5SSi+. The first-order chi connectivity index (χ1) is 11.2. The second-order valence-electron chi connectivity index (χ2n) is 6.70. The molecule has 0 saturated carbocycles. The number of rotatable bonds is 15. The van der Waals surface area contributed by atoms with Gasteiger partial charge in [-0.25, -0.2) is 13.1 Å². The summed E-state index contributed by atoms with van der Waals surface area (Å²) in [6.45, 7) is 4.37. The third kappa shape index (κ3) is 10.1. The summed E-state index contributed by atoms with van der Waals surface area (Å²) in [5.74, 6) is 0.222. The highest BCUT2D eigenvalue weighted by Crippen LogP contribution is 2.16. The van der Waals surface area contributed by atoms with Crippen LogP contribution in [0.5, 0.6) is 0 Å². The zero-order valence-corrected chi connectivity index (χ0v) is 18.1. The Bertz CT molecular complexity index is 419. The Morgan fingerprint density at radius 1 is 0.958 bits per heavy atom. The maximum absolute atomic E-state index is 11.7. The van der Waals surface area contributed by atoms with Crippen molar-refractivity contribution in [3.63, 3.8) is 0 Å². The van der Waals surface area contributed by atoms with Gasteiger partial charge in [-0.2, -0.15) is 0 Å². The molecule has 0 saturated heterocycles. The molecule has 0 aromatic heterocycles. The van der Waals surface area contributed by atoms with E-state index in [1.165, 1.54) is 0 Å². The number of unbranched alkanes of at least 4 members (excludes halogenated alkanes) is 1. The maximum Gasteiger partial charge on any atom is 0.500 e. The van der Waals surface area contributed by atoms with Gasteiger partial charge in [0.25, 0.3) is 0 Å². The van der Waals surface area contributed by atoms with Gasteiger partial charge in [-0.15, -0.1) is 0 Å². The average molecular weight is 386 g/mol. The average Bonchev–Trinajstić information content (AvgIpc) is 2.54. The minimum Gasteiger partial charge on any atom is -0.377 e.